The number of carbonyl (C=O) groups is 1. The maximum Gasteiger partial charge on any atom is 0.270 e. The van der Waals surface area contributed by atoms with Crippen LogP contribution in [0.15, 0.2) is 12.3 Å². The van der Waals surface area contributed by atoms with E-state index in [1.165, 1.54) is 0 Å². The minimum atomic E-state index is 0.0230. The molecule has 0 aliphatic carbocycles. The number of amides is 1. The Balaban J connectivity index is 2.67. The Kier molecular flexibility index (Phi) is 5.51. The van der Waals surface area contributed by atoms with Crippen molar-refractivity contribution in [1.82, 2.24) is 14.8 Å². The van der Waals surface area contributed by atoms with Gasteiger partial charge in [-0.1, -0.05) is 11.6 Å². The fourth-order valence-electron chi connectivity index (χ4n) is 1.71. The van der Waals surface area contributed by atoms with Crippen LogP contribution in [0.25, 0.3) is 0 Å². The lowest BCUT2D eigenvalue weighted by molar-refractivity contribution is 0.0783. The molecule has 1 amide bonds. The quantitative estimate of drug-likeness (QED) is 0.790. The highest BCUT2D eigenvalue weighted by atomic mass is 35.5. The first-order valence-corrected chi connectivity index (χ1v) is 6.23. The predicted molar refractivity (Wildman–Crippen MR) is 70.6 cm³/mol. The zero-order valence-corrected chi connectivity index (χ0v) is 11.4. The maximum atomic E-state index is 12.2. The SMILES string of the molecule is CCn1cc(Cl)cc1C(=O)N(C)CCCNC. The summed E-state index contributed by atoms with van der Waals surface area (Å²) in [4.78, 5) is 13.9. The van der Waals surface area contributed by atoms with Gasteiger partial charge in [0.05, 0.1) is 5.02 Å². The van der Waals surface area contributed by atoms with Crippen molar-refractivity contribution in [1.29, 1.82) is 0 Å². The molecule has 0 aliphatic rings. The molecule has 1 N–H and O–H groups in total. The van der Waals surface area contributed by atoms with Crippen molar-refractivity contribution in [2.45, 2.75) is 19.9 Å². The van der Waals surface area contributed by atoms with Gasteiger partial charge >= 0.3 is 0 Å². The van der Waals surface area contributed by atoms with Crippen molar-refractivity contribution in [3.05, 3.63) is 23.0 Å². The summed E-state index contributed by atoms with van der Waals surface area (Å²) in [6.45, 7) is 4.39. The molecular formula is C12H20ClN3O. The topological polar surface area (TPSA) is 37.3 Å². The zero-order valence-electron chi connectivity index (χ0n) is 10.7. The van der Waals surface area contributed by atoms with E-state index in [2.05, 4.69) is 5.32 Å². The van der Waals surface area contributed by atoms with Gasteiger partial charge in [0, 0.05) is 26.3 Å². The number of hydrogen-bond donors (Lipinski definition) is 1. The Hall–Kier alpha value is -1.00. The van der Waals surface area contributed by atoms with Gasteiger partial charge in [0.25, 0.3) is 5.91 Å². The van der Waals surface area contributed by atoms with E-state index >= 15 is 0 Å². The maximum absolute atomic E-state index is 12.2. The lowest BCUT2D eigenvalue weighted by atomic mass is 10.3. The molecule has 96 valence electrons. The molecule has 1 rings (SSSR count). The lowest BCUT2D eigenvalue weighted by Crippen LogP contribution is -2.30. The molecule has 0 aliphatic heterocycles. The van der Waals surface area contributed by atoms with Gasteiger partial charge in [0.2, 0.25) is 0 Å². The van der Waals surface area contributed by atoms with Crippen LogP contribution in [0.4, 0.5) is 0 Å². The van der Waals surface area contributed by atoms with Gasteiger partial charge in [0.15, 0.2) is 0 Å². The van der Waals surface area contributed by atoms with Gasteiger partial charge < -0.3 is 14.8 Å². The molecule has 0 radical (unpaired) electrons. The highest BCUT2D eigenvalue weighted by Crippen LogP contribution is 2.15. The Bertz CT molecular complexity index is 376. The molecule has 0 spiro atoms. The van der Waals surface area contributed by atoms with Crippen LogP contribution in [-0.4, -0.2) is 42.6 Å². The Morgan fingerprint density at radius 2 is 2.29 bits per heavy atom. The van der Waals surface area contributed by atoms with E-state index in [9.17, 15) is 4.79 Å². The number of rotatable bonds is 6. The Morgan fingerprint density at radius 1 is 1.59 bits per heavy atom. The van der Waals surface area contributed by atoms with Gasteiger partial charge in [-0.05, 0) is 33.0 Å². The third-order valence-corrected chi connectivity index (χ3v) is 2.90. The van der Waals surface area contributed by atoms with Gasteiger partial charge in [-0.25, -0.2) is 0 Å². The number of aromatic nitrogens is 1. The molecule has 0 bridgehead atoms. The van der Waals surface area contributed by atoms with Gasteiger partial charge in [0.1, 0.15) is 5.69 Å². The minimum absolute atomic E-state index is 0.0230. The van der Waals surface area contributed by atoms with Crippen LogP contribution < -0.4 is 5.32 Å². The molecule has 0 atom stereocenters. The number of carbonyl (C=O) groups excluding carboxylic acids is 1. The van der Waals surface area contributed by atoms with Crippen LogP contribution in [-0.2, 0) is 6.54 Å². The summed E-state index contributed by atoms with van der Waals surface area (Å²) in [5.74, 6) is 0.0230. The normalized spacial score (nSPS) is 10.6. The lowest BCUT2D eigenvalue weighted by Gasteiger charge is -2.17. The van der Waals surface area contributed by atoms with E-state index in [4.69, 9.17) is 11.6 Å². The molecule has 0 saturated heterocycles. The summed E-state index contributed by atoms with van der Waals surface area (Å²) in [6, 6.07) is 1.72. The number of halogens is 1. The van der Waals surface area contributed by atoms with Crippen molar-refractivity contribution in [3.8, 4) is 0 Å². The summed E-state index contributed by atoms with van der Waals surface area (Å²) < 4.78 is 1.87. The predicted octanol–water partition coefficient (Wildman–Crippen LogP) is 1.84. The van der Waals surface area contributed by atoms with Crippen molar-refractivity contribution < 1.29 is 4.79 Å². The van der Waals surface area contributed by atoms with Crippen LogP contribution in [0, 0.1) is 0 Å². The fraction of sp³-hybridized carbons (Fsp3) is 0.583. The summed E-state index contributed by atoms with van der Waals surface area (Å²) in [7, 11) is 3.72. The van der Waals surface area contributed by atoms with Crippen molar-refractivity contribution in [2.24, 2.45) is 0 Å². The van der Waals surface area contributed by atoms with E-state index in [0.29, 0.717) is 10.7 Å². The molecule has 0 saturated carbocycles. The van der Waals surface area contributed by atoms with Gasteiger partial charge in [-0.15, -0.1) is 0 Å². The van der Waals surface area contributed by atoms with E-state index in [-0.39, 0.29) is 5.91 Å². The average Bonchev–Trinajstić information content (AvgIpc) is 2.69. The zero-order chi connectivity index (χ0) is 12.8. The highest BCUT2D eigenvalue weighted by molar-refractivity contribution is 6.31. The van der Waals surface area contributed by atoms with Gasteiger partial charge in [-0.3, -0.25) is 4.79 Å². The molecule has 4 nitrogen and oxygen atoms in total. The molecule has 0 aromatic carbocycles. The molecule has 1 heterocycles. The summed E-state index contributed by atoms with van der Waals surface area (Å²) >= 11 is 5.92. The first kappa shape index (κ1) is 14.1. The molecule has 5 heteroatoms. The summed E-state index contributed by atoms with van der Waals surface area (Å²) in [6.07, 6.45) is 2.73. The minimum Gasteiger partial charge on any atom is -0.342 e. The van der Waals surface area contributed by atoms with Gasteiger partial charge in [-0.2, -0.15) is 0 Å². The average molecular weight is 258 g/mol. The number of aryl methyl sites for hydroxylation is 1. The number of nitrogens with one attached hydrogen (secondary N) is 1. The number of hydrogen-bond acceptors (Lipinski definition) is 2. The Morgan fingerprint density at radius 3 is 2.88 bits per heavy atom. The van der Waals surface area contributed by atoms with E-state index < -0.39 is 0 Å². The third-order valence-electron chi connectivity index (χ3n) is 2.69. The molecule has 0 unspecified atom stereocenters. The summed E-state index contributed by atoms with van der Waals surface area (Å²) in [5, 5.41) is 3.67. The van der Waals surface area contributed by atoms with Crippen LogP contribution in [0.5, 0.6) is 0 Å². The number of nitrogens with zero attached hydrogens (tertiary/aromatic N) is 2. The Labute approximate surface area is 108 Å². The molecule has 0 fully saturated rings. The van der Waals surface area contributed by atoms with Crippen molar-refractivity contribution in [2.75, 3.05) is 27.2 Å². The standard InChI is InChI=1S/C12H20ClN3O/c1-4-16-9-10(13)8-11(16)12(17)15(3)7-5-6-14-2/h8-9,14H,4-7H2,1-3H3. The monoisotopic (exact) mass is 257 g/mol. The van der Waals surface area contributed by atoms with Crippen molar-refractivity contribution >= 4 is 17.5 Å². The second-order valence-corrected chi connectivity index (χ2v) is 4.45. The fourth-order valence-corrected chi connectivity index (χ4v) is 1.93. The first-order chi connectivity index (χ1) is 8.10. The molecular weight excluding hydrogens is 238 g/mol. The van der Waals surface area contributed by atoms with Crippen LogP contribution in [0.3, 0.4) is 0 Å². The highest BCUT2D eigenvalue weighted by Gasteiger charge is 2.16. The van der Waals surface area contributed by atoms with Crippen LogP contribution >= 0.6 is 11.6 Å². The second-order valence-electron chi connectivity index (χ2n) is 4.01. The summed E-state index contributed by atoms with van der Waals surface area (Å²) in [5.41, 5.74) is 0.657. The van der Waals surface area contributed by atoms with E-state index in [0.717, 1.165) is 26.1 Å². The third kappa shape index (κ3) is 3.75. The second kappa shape index (κ2) is 6.67. The van der Waals surface area contributed by atoms with E-state index in [1.807, 2.05) is 25.6 Å². The van der Waals surface area contributed by atoms with E-state index in [1.54, 1.807) is 17.2 Å². The largest absolute Gasteiger partial charge is 0.342 e. The van der Waals surface area contributed by atoms with Crippen molar-refractivity contribution in [3.63, 3.8) is 0 Å². The molecule has 1 aromatic heterocycles. The smallest absolute Gasteiger partial charge is 0.270 e. The first-order valence-electron chi connectivity index (χ1n) is 5.85. The molecule has 1 aromatic rings. The van der Waals surface area contributed by atoms with Crippen LogP contribution in [0.2, 0.25) is 5.02 Å². The molecule has 17 heavy (non-hydrogen) atoms. The van der Waals surface area contributed by atoms with Crippen LogP contribution in [0.1, 0.15) is 23.8 Å².